The van der Waals surface area contributed by atoms with Gasteiger partial charge < -0.3 is 9.40 Å². The predicted molar refractivity (Wildman–Crippen MR) is 215 cm³/mol. The summed E-state index contributed by atoms with van der Waals surface area (Å²) in [4.78, 5) is 9.21. The van der Waals surface area contributed by atoms with Gasteiger partial charge in [-0.3, -0.25) is 0 Å². The van der Waals surface area contributed by atoms with Gasteiger partial charge in [0.2, 0.25) is 0 Å². The molecule has 0 aliphatic carbocycles. The maximum absolute atomic E-state index is 8.55. The second-order valence-electron chi connectivity index (χ2n) is 14.6. The molecule has 0 saturated carbocycles. The molecule has 0 amide bonds. The van der Waals surface area contributed by atoms with Crippen LogP contribution in [0.1, 0.15) is 60.0 Å². The Labute approximate surface area is 324 Å². The fourth-order valence-corrected chi connectivity index (χ4v) is 8.44. The van der Waals surface area contributed by atoms with Crippen LogP contribution >= 0.6 is 0 Å². The molecule has 0 saturated heterocycles. The summed E-state index contributed by atoms with van der Waals surface area (Å²) in [5, 5.41) is 2.16. The van der Waals surface area contributed by atoms with E-state index in [-0.39, 0.29) is 26.0 Å². The van der Waals surface area contributed by atoms with Crippen molar-refractivity contribution < 1.29 is 28.6 Å². The minimum Gasteiger partial charge on any atom is 0 e. The summed E-state index contributed by atoms with van der Waals surface area (Å²) in [5.74, 6) is 6.11. The van der Waals surface area contributed by atoms with Crippen molar-refractivity contribution in [2.24, 2.45) is 5.92 Å². The Hall–Kier alpha value is -3.83. The summed E-state index contributed by atoms with van der Waals surface area (Å²) in [6, 6.07) is 36.9. The van der Waals surface area contributed by atoms with E-state index >= 15 is 0 Å². The Balaban J connectivity index is 0.000000217. The minimum atomic E-state index is -2.06. The molecule has 0 N–H and O–H groups in total. The van der Waals surface area contributed by atoms with E-state index in [4.69, 9.17) is 8.53 Å². The Bertz CT molecular complexity index is 2390. The third-order valence-corrected chi connectivity index (χ3v) is 13.0. The summed E-state index contributed by atoms with van der Waals surface area (Å²) in [7, 11) is 0. The summed E-state index contributed by atoms with van der Waals surface area (Å²) in [6.07, 6.45) is 2.29. The number of benzene rings is 4. The van der Waals surface area contributed by atoms with Gasteiger partial charge in [0, 0.05) is 33.1 Å². The fraction of sp³-hybridized carbons (Fsp3) is 0.261. The monoisotopic (exact) mass is 914 g/mol. The maximum atomic E-state index is 8.55. The van der Waals surface area contributed by atoms with Crippen LogP contribution in [0, 0.1) is 31.9 Å². The summed E-state index contributed by atoms with van der Waals surface area (Å²) < 4.78 is 33.1. The predicted octanol–water partition coefficient (Wildman–Crippen LogP) is 12.1. The van der Waals surface area contributed by atoms with E-state index in [0.717, 1.165) is 55.6 Å². The first kappa shape index (κ1) is 34.3. The SMILES string of the molecule is [2H]C(C)(C)c1ccnc(-c2[c-]ccc3c2oc2cccc(-c4cc(C)cc(C)c4)c23)c1.[2H]C([2H])(c1c[c]([Ge]([CH3])([CH3])[CH3])cnc1-c1[c-]cccc1)C(C)C.[Ir]. The number of pyridine rings is 2. The van der Waals surface area contributed by atoms with Crippen molar-refractivity contribution in [3.8, 4) is 33.6 Å². The Kier molecular flexibility index (Phi) is 10.9. The van der Waals surface area contributed by atoms with Gasteiger partial charge in [-0.25, -0.2) is 0 Å². The molecule has 4 aromatic carbocycles. The van der Waals surface area contributed by atoms with Crippen LogP contribution in [0.5, 0.6) is 0 Å². The topological polar surface area (TPSA) is 38.9 Å². The number of nitrogens with zero attached hydrogens (tertiary/aromatic N) is 2. The van der Waals surface area contributed by atoms with Gasteiger partial charge in [-0.05, 0) is 48.7 Å². The Morgan fingerprint density at radius 1 is 0.843 bits per heavy atom. The van der Waals surface area contributed by atoms with Crippen molar-refractivity contribution in [1.29, 1.82) is 0 Å². The van der Waals surface area contributed by atoms with Gasteiger partial charge in [0.1, 0.15) is 5.58 Å². The van der Waals surface area contributed by atoms with E-state index in [2.05, 4.69) is 89.6 Å². The molecule has 0 aliphatic rings. The van der Waals surface area contributed by atoms with Gasteiger partial charge in [0.15, 0.2) is 0 Å². The molecule has 3 nitrogen and oxygen atoms in total. The molecule has 0 fully saturated rings. The second-order valence-corrected chi connectivity index (χ2v) is 25.3. The smallest absolute Gasteiger partial charge is 0 e. The van der Waals surface area contributed by atoms with Crippen LogP contribution in [0.25, 0.3) is 55.6 Å². The number of hydrogen-bond acceptors (Lipinski definition) is 3. The maximum Gasteiger partial charge on any atom is 0 e. The molecule has 1 radical (unpaired) electrons. The van der Waals surface area contributed by atoms with Crippen molar-refractivity contribution in [3.05, 3.63) is 138 Å². The summed E-state index contributed by atoms with van der Waals surface area (Å²) in [6.45, 7) is 11.9. The third-order valence-electron chi connectivity index (χ3n) is 8.75. The third kappa shape index (κ3) is 8.80. The zero-order chi connectivity index (χ0) is 38.3. The first-order valence-electron chi connectivity index (χ1n) is 18.8. The van der Waals surface area contributed by atoms with Gasteiger partial charge in [-0.1, -0.05) is 77.9 Å². The molecular weight excluding hydrogens is 861 g/mol. The van der Waals surface area contributed by atoms with Crippen molar-refractivity contribution in [2.75, 3.05) is 0 Å². The minimum absolute atomic E-state index is 0. The van der Waals surface area contributed by atoms with Crippen LogP contribution in [0.3, 0.4) is 0 Å². The fourth-order valence-electron chi connectivity index (χ4n) is 6.28. The van der Waals surface area contributed by atoms with Gasteiger partial charge >= 0.3 is 128 Å². The number of furan rings is 1. The van der Waals surface area contributed by atoms with Crippen molar-refractivity contribution >= 4 is 39.6 Å². The van der Waals surface area contributed by atoms with Crippen LogP contribution in [0.15, 0.2) is 108 Å². The molecule has 0 bridgehead atoms. The average molecular weight is 913 g/mol. The van der Waals surface area contributed by atoms with E-state index in [9.17, 15) is 0 Å². The molecule has 0 unspecified atom stereocenters. The molecule has 51 heavy (non-hydrogen) atoms. The van der Waals surface area contributed by atoms with E-state index in [1.54, 1.807) is 6.20 Å². The molecule has 0 spiro atoms. The van der Waals surface area contributed by atoms with E-state index in [0.29, 0.717) is 5.56 Å². The average Bonchev–Trinajstić information content (AvgIpc) is 3.50. The molecule has 7 aromatic rings. The standard InChI is InChI=1S/C28H24NO.C18H24GeN.Ir/c1-17(2)20-11-12-29-25(16-20)23-8-5-9-24-27-22(7-6-10-26(27)30-28(23)24)21-14-18(3)13-19(4)15-21;1-14(2)11-16-12-17(19(3,4)5)13-20-18(16)15-9-7-6-8-10-15;/h5-7,9-17H,1-4H3;6-9,12-14H,11H2,1-5H3;/q2*-1;/i17D;11D2;. The quantitative estimate of drug-likeness (QED) is 0.118. The molecule has 0 aliphatic heterocycles. The number of fused-ring (bicyclic) bond motifs is 3. The molecular formula is C46H48GeIrN2O-2. The molecule has 263 valence electrons. The van der Waals surface area contributed by atoms with Gasteiger partial charge in [-0.2, -0.15) is 0 Å². The van der Waals surface area contributed by atoms with Gasteiger partial charge in [0.25, 0.3) is 0 Å². The van der Waals surface area contributed by atoms with E-state index in [1.807, 2.05) is 88.5 Å². The van der Waals surface area contributed by atoms with Crippen molar-refractivity contribution in [2.45, 2.75) is 71.1 Å². The van der Waals surface area contributed by atoms with Crippen LogP contribution < -0.4 is 4.40 Å². The zero-order valence-electron chi connectivity index (χ0n) is 34.0. The molecule has 3 heterocycles. The Morgan fingerprint density at radius 2 is 1.61 bits per heavy atom. The van der Waals surface area contributed by atoms with Crippen LogP contribution in [0.2, 0.25) is 17.3 Å². The van der Waals surface area contributed by atoms with Crippen molar-refractivity contribution in [1.82, 2.24) is 9.97 Å². The molecule has 7 rings (SSSR count). The summed E-state index contributed by atoms with van der Waals surface area (Å²) in [5.41, 5.74) is 11.3. The van der Waals surface area contributed by atoms with Crippen molar-refractivity contribution in [3.63, 3.8) is 0 Å². The summed E-state index contributed by atoms with van der Waals surface area (Å²) >= 11 is -2.06. The Morgan fingerprint density at radius 3 is 2.27 bits per heavy atom. The number of aromatic nitrogens is 2. The van der Waals surface area contributed by atoms with E-state index in [1.165, 1.54) is 21.1 Å². The first-order valence-corrected chi connectivity index (χ1v) is 24.7. The van der Waals surface area contributed by atoms with E-state index < -0.39 is 25.5 Å². The molecule has 3 aromatic heterocycles. The number of hydrogen-bond donors (Lipinski definition) is 0. The zero-order valence-corrected chi connectivity index (χ0v) is 35.5. The molecule has 5 heteroatoms. The van der Waals surface area contributed by atoms with Gasteiger partial charge in [-0.15, -0.1) is 18.2 Å². The van der Waals surface area contributed by atoms with Crippen LogP contribution in [-0.4, -0.2) is 23.2 Å². The first-order chi connectivity index (χ1) is 24.9. The number of aryl methyl sites for hydroxylation is 2. The van der Waals surface area contributed by atoms with Crippen LogP contribution in [-0.2, 0) is 26.5 Å². The normalized spacial score (nSPS) is 12.9. The van der Waals surface area contributed by atoms with Crippen LogP contribution in [0.4, 0.5) is 0 Å². The molecule has 0 atom stereocenters. The largest absolute Gasteiger partial charge is 0 e. The number of rotatable bonds is 7. The van der Waals surface area contributed by atoms with Gasteiger partial charge in [0.05, 0.1) is 5.58 Å². The second kappa shape index (κ2) is 16.2.